The van der Waals surface area contributed by atoms with E-state index in [1.165, 1.54) is 12.1 Å². The van der Waals surface area contributed by atoms with Crippen molar-refractivity contribution in [2.45, 2.75) is 20.4 Å². The highest BCUT2D eigenvalue weighted by molar-refractivity contribution is 6.29. The average Bonchev–Trinajstić information content (AvgIpc) is 2.60. The predicted molar refractivity (Wildman–Crippen MR) is 75.9 cm³/mol. The molecule has 2 rings (SSSR count). The van der Waals surface area contributed by atoms with Gasteiger partial charge in [0.1, 0.15) is 11.0 Å². The van der Waals surface area contributed by atoms with Crippen LogP contribution in [0.2, 0.25) is 5.15 Å². The highest BCUT2D eigenvalue weighted by Crippen LogP contribution is 2.21. The zero-order valence-electron chi connectivity index (χ0n) is 11.3. The summed E-state index contributed by atoms with van der Waals surface area (Å²) in [6.45, 7) is 4.36. The Morgan fingerprint density at radius 1 is 1.45 bits per heavy atom. The highest BCUT2D eigenvalue weighted by Gasteiger charge is 2.12. The van der Waals surface area contributed by atoms with Crippen LogP contribution >= 0.6 is 11.6 Å². The number of nitro groups is 1. The number of hydrogen-bond donors (Lipinski definition) is 1. The van der Waals surface area contributed by atoms with Crippen LogP contribution in [0.3, 0.4) is 0 Å². The molecular formula is C12H14ClN5O2. The van der Waals surface area contributed by atoms with Crippen LogP contribution < -0.4 is 5.32 Å². The molecule has 0 aliphatic heterocycles. The first-order valence-electron chi connectivity index (χ1n) is 5.93. The van der Waals surface area contributed by atoms with Crippen LogP contribution in [0.25, 0.3) is 0 Å². The Hall–Kier alpha value is -2.15. The third-order valence-corrected chi connectivity index (χ3v) is 3.29. The summed E-state index contributed by atoms with van der Waals surface area (Å²) >= 11 is 5.77. The lowest BCUT2D eigenvalue weighted by Crippen LogP contribution is -2.04. The molecule has 0 spiro atoms. The van der Waals surface area contributed by atoms with E-state index in [1.807, 2.05) is 20.9 Å². The van der Waals surface area contributed by atoms with Crippen LogP contribution in [-0.2, 0) is 13.6 Å². The third-order valence-electron chi connectivity index (χ3n) is 3.09. The molecule has 2 heterocycles. The fourth-order valence-electron chi connectivity index (χ4n) is 1.93. The lowest BCUT2D eigenvalue weighted by molar-refractivity contribution is -0.384. The van der Waals surface area contributed by atoms with Gasteiger partial charge in [0.25, 0.3) is 5.69 Å². The van der Waals surface area contributed by atoms with Crippen LogP contribution in [-0.4, -0.2) is 19.7 Å². The maximum absolute atomic E-state index is 10.8. The summed E-state index contributed by atoms with van der Waals surface area (Å²) in [6.07, 6.45) is 0. The summed E-state index contributed by atoms with van der Waals surface area (Å²) in [5.41, 5.74) is 2.89. The van der Waals surface area contributed by atoms with Gasteiger partial charge >= 0.3 is 0 Å². The van der Waals surface area contributed by atoms with Gasteiger partial charge in [-0.2, -0.15) is 5.10 Å². The molecule has 0 unspecified atom stereocenters. The van der Waals surface area contributed by atoms with Crippen molar-refractivity contribution in [2.75, 3.05) is 5.32 Å². The molecule has 8 heteroatoms. The minimum atomic E-state index is -0.501. The average molecular weight is 296 g/mol. The van der Waals surface area contributed by atoms with E-state index in [-0.39, 0.29) is 10.8 Å². The SMILES string of the molecule is Cc1nn(C)c(C)c1CNc1cc([N+](=O)[O-])cc(Cl)n1. The van der Waals surface area contributed by atoms with Gasteiger partial charge in [-0.3, -0.25) is 14.8 Å². The number of aromatic nitrogens is 3. The second-order valence-electron chi connectivity index (χ2n) is 4.42. The van der Waals surface area contributed by atoms with E-state index in [2.05, 4.69) is 15.4 Å². The number of rotatable bonds is 4. The van der Waals surface area contributed by atoms with E-state index in [0.29, 0.717) is 12.4 Å². The number of hydrogen-bond acceptors (Lipinski definition) is 5. The first-order chi connectivity index (χ1) is 9.38. The quantitative estimate of drug-likeness (QED) is 0.532. The second-order valence-corrected chi connectivity index (χ2v) is 4.80. The molecule has 106 valence electrons. The van der Waals surface area contributed by atoms with Crippen molar-refractivity contribution in [3.63, 3.8) is 0 Å². The fourth-order valence-corrected chi connectivity index (χ4v) is 2.13. The first kappa shape index (κ1) is 14.3. The molecule has 2 aromatic rings. The van der Waals surface area contributed by atoms with Crippen LogP contribution in [0, 0.1) is 24.0 Å². The number of anilines is 1. The zero-order valence-corrected chi connectivity index (χ0v) is 12.1. The monoisotopic (exact) mass is 295 g/mol. The van der Waals surface area contributed by atoms with Gasteiger partial charge in [0.2, 0.25) is 0 Å². The molecule has 7 nitrogen and oxygen atoms in total. The van der Waals surface area contributed by atoms with Crippen molar-refractivity contribution >= 4 is 23.1 Å². The molecule has 1 N–H and O–H groups in total. The van der Waals surface area contributed by atoms with E-state index in [0.717, 1.165) is 17.0 Å². The van der Waals surface area contributed by atoms with Crippen molar-refractivity contribution in [3.8, 4) is 0 Å². The Labute approximate surface area is 120 Å². The summed E-state index contributed by atoms with van der Waals surface area (Å²) in [5, 5.41) is 18.2. The summed E-state index contributed by atoms with van der Waals surface area (Å²) in [6, 6.07) is 2.57. The van der Waals surface area contributed by atoms with Gasteiger partial charge in [0, 0.05) is 24.8 Å². The first-order valence-corrected chi connectivity index (χ1v) is 6.31. The maximum atomic E-state index is 10.8. The molecule has 0 saturated heterocycles. The van der Waals surface area contributed by atoms with Gasteiger partial charge in [0.15, 0.2) is 0 Å². The van der Waals surface area contributed by atoms with Crippen molar-refractivity contribution in [1.29, 1.82) is 0 Å². The Morgan fingerprint density at radius 3 is 2.70 bits per heavy atom. The molecule has 0 amide bonds. The number of pyridine rings is 1. The molecular weight excluding hydrogens is 282 g/mol. The minimum absolute atomic E-state index is 0.0846. The molecule has 0 saturated carbocycles. The van der Waals surface area contributed by atoms with Crippen molar-refractivity contribution in [3.05, 3.63) is 44.4 Å². The van der Waals surface area contributed by atoms with Crippen LogP contribution in [0.1, 0.15) is 17.0 Å². The normalized spacial score (nSPS) is 10.6. The number of halogens is 1. The molecule has 2 aromatic heterocycles. The minimum Gasteiger partial charge on any atom is -0.366 e. The highest BCUT2D eigenvalue weighted by atomic mass is 35.5. The topological polar surface area (TPSA) is 85.9 Å². The fraction of sp³-hybridized carbons (Fsp3) is 0.333. The summed E-state index contributed by atoms with van der Waals surface area (Å²) in [5.74, 6) is 0.367. The lowest BCUT2D eigenvalue weighted by atomic mass is 10.2. The number of nitrogens with zero attached hydrogens (tertiary/aromatic N) is 4. The van der Waals surface area contributed by atoms with Crippen molar-refractivity contribution in [2.24, 2.45) is 7.05 Å². The molecule has 0 atom stereocenters. The Balaban J connectivity index is 2.21. The van der Waals surface area contributed by atoms with Crippen molar-refractivity contribution in [1.82, 2.24) is 14.8 Å². The van der Waals surface area contributed by atoms with Crippen molar-refractivity contribution < 1.29 is 4.92 Å². The molecule has 0 bridgehead atoms. The van der Waals surface area contributed by atoms with Crippen LogP contribution in [0.5, 0.6) is 0 Å². The van der Waals surface area contributed by atoms with E-state index < -0.39 is 4.92 Å². The zero-order chi connectivity index (χ0) is 14.9. The largest absolute Gasteiger partial charge is 0.366 e. The van der Waals surface area contributed by atoms with Gasteiger partial charge in [-0.1, -0.05) is 11.6 Å². The van der Waals surface area contributed by atoms with Gasteiger partial charge < -0.3 is 5.32 Å². The van der Waals surface area contributed by atoms with Crippen LogP contribution in [0.4, 0.5) is 11.5 Å². The number of nitrogens with one attached hydrogen (secondary N) is 1. The van der Waals surface area contributed by atoms with E-state index in [1.54, 1.807) is 4.68 Å². The molecule has 0 aliphatic rings. The predicted octanol–water partition coefficient (Wildman–Crippen LogP) is 2.61. The van der Waals surface area contributed by atoms with Crippen LogP contribution in [0.15, 0.2) is 12.1 Å². The second kappa shape index (κ2) is 5.46. The molecule has 0 fully saturated rings. The van der Waals surface area contributed by atoms with Gasteiger partial charge in [0.05, 0.1) is 22.7 Å². The summed E-state index contributed by atoms with van der Waals surface area (Å²) in [7, 11) is 1.87. The molecule has 0 aliphatic carbocycles. The smallest absolute Gasteiger partial charge is 0.276 e. The van der Waals surface area contributed by atoms with E-state index in [4.69, 9.17) is 11.6 Å². The van der Waals surface area contributed by atoms with Gasteiger partial charge in [-0.15, -0.1) is 0 Å². The molecule has 0 aromatic carbocycles. The lowest BCUT2D eigenvalue weighted by Gasteiger charge is -2.06. The van der Waals surface area contributed by atoms with Gasteiger partial charge in [-0.05, 0) is 13.8 Å². The third kappa shape index (κ3) is 2.88. The molecule has 0 radical (unpaired) electrons. The summed E-state index contributed by atoms with van der Waals surface area (Å²) < 4.78 is 1.79. The Kier molecular flexibility index (Phi) is 3.89. The van der Waals surface area contributed by atoms with Gasteiger partial charge in [-0.25, -0.2) is 4.98 Å². The van der Waals surface area contributed by atoms with E-state index in [9.17, 15) is 10.1 Å². The summed E-state index contributed by atoms with van der Waals surface area (Å²) in [4.78, 5) is 14.3. The Bertz CT molecular complexity index is 668. The maximum Gasteiger partial charge on any atom is 0.276 e. The Morgan fingerprint density at radius 2 is 2.15 bits per heavy atom. The van der Waals surface area contributed by atoms with E-state index >= 15 is 0 Å². The standard InChI is InChI=1S/C12H14ClN5O2/c1-7-10(8(2)17(3)16-7)6-14-12-5-9(18(19)20)4-11(13)15-12/h4-5H,6H2,1-3H3,(H,14,15). The molecule has 20 heavy (non-hydrogen) atoms. The number of aryl methyl sites for hydroxylation is 2.